The number of nitrogens with one attached hydrogen (secondary N) is 1. The molecule has 0 bridgehead atoms. The molecule has 0 amide bonds. The maximum atomic E-state index is 9.00. The fraction of sp³-hybridized carbons (Fsp3) is 0.556. The Morgan fingerprint density at radius 1 is 1.62 bits per heavy atom. The molecule has 1 aromatic heterocycles. The van der Waals surface area contributed by atoms with Crippen molar-refractivity contribution in [3.63, 3.8) is 0 Å². The molecule has 0 aliphatic heterocycles. The maximum Gasteiger partial charge on any atom is 0.173 e. The number of ether oxygens (including phenoxy) is 1. The first-order valence-corrected chi connectivity index (χ1v) is 5.05. The molecule has 0 saturated carbocycles. The zero-order chi connectivity index (χ0) is 9.68. The topological polar surface area (TPSA) is 41.5 Å². The molecule has 0 aromatic carbocycles. The normalized spacial score (nSPS) is 12.8. The van der Waals surface area contributed by atoms with Gasteiger partial charge in [0.25, 0.3) is 0 Å². The van der Waals surface area contributed by atoms with E-state index < -0.39 is 0 Å². The fourth-order valence-electron chi connectivity index (χ4n) is 0.967. The highest BCUT2D eigenvalue weighted by Crippen LogP contribution is 2.23. The summed E-state index contributed by atoms with van der Waals surface area (Å²) in [4.78, 5) is 1.22. The van der Waals surface area contributed by atoms with Gasteiger partial charge in [0.1, 0.15) is 0 Å². The summed E-state index contributed by atoms with van der Waals surface area (Å²) in [5.74, 6) is 0. The summed E-state index contributed by atoms with van der Waals surface area (Å²) >= 11 is 1.62. The van der Waals surface area contributed by atoms with Crippen LogP contribution in [0.4, 0.5) is 0 Å². The second-order valence-corrected chi connectivity index (χ2v) is 4.04. The maximum absolute atomic E-state index is 9.00. The van der Waals surface area contributed by atoms with Gasteiger partial charge >= 0.3 is 0 Å². The molecule has 3 nitrogen and oxygen atoms in total. The van der Waals surface area contributed by atoms with Gasteiger partial charge in [0.15, 0.2) is 5.06 Å². The summed E-state index contributed by atoms with van der Waals surface area (Å²) < 4.78 is 5.06. The Balaban J connectivity index is 2.28. The van der Waals surface area contributed by atoms with Crippen molar-refractivity contribution in [2.75, 3.05) is 13.7 Å². The van der Waals surface area contributed by atoms with E-state index in [-0.39, 0.29) is 6.10 Å². The van der Waals surface area contributed by atoms with Crippen LogP contribution in [0, 0.1) is 0 Å². The summed E-state index contributed by atoms with van der Waals surface area (Å²) in [6, 6.07) is 3.97. The third-order valence-electron chi connectivity index (χ3n) is 1.58. The smallest absolute Gasteiger partial charge is 0.173 e. The van der Waals surface area contributed by atoms with E-state index in [1.807, 2.05) is 12.1 Å². The van der Waals surface area contributed by atoms with Gasteiger partial charge in [-0.1, -0.05) is 0 Å². The van der Waals surface area contributed by atoms with Crippen molar-refractivity contribution < 1.29 is 9.84 Å². The zero-order valence-electron chi connectivity index (χ0n) is 7.91. The summed E-state index contributed by atoms with van der Waals surface area (Å²) in [6.07, 6.45) is -0.290. The van der Waals surface area contributed by atoms with Crippen molar-refractivity contribution in [1.82, 2.24) is 5.32 Å². The number of aliphatic hydroxyl groups is 1. The molecule has 0 radical (unpaired) electrons. The summed E-state index contributed by atoms with van der Waals surface area (Å²) in [5, 5.41) is 13.1. The monoisotopic (exact) mass is 201 g/mol. The first kappa shape index (κ1) is 10.5. The Hall–Kier alpha value is -0.580. The standard InChI is InChI=1S/C9H15NO2S/c1-7(11)5-10-6-8-3-4-9(12-2)13-8/h3-4,7,10-11H,5-6H2,1-2H3. The first-order chi connectivity index (χ1) is 6.22. The molecule has 74 valence electrons. The molecule has 1 rings (SSSR count). The van der Waals surface area contributed by atoms with Crippen LogP contribution in [0.2, 0.25) is 0 Å². The van der Waals surface area contributed by atoms with Gasteiger partial charge in [0, 0.05) is 18.0 Å². The first-order valence-electron chi connectivity index (χ1n) is 4.24. The third-order valence-corrected chi connectivity index (χ3v) is 2.62. The van der Waals surface area contributed by atoms with Crippen LogP contribution in [0.25, 0.3) is 0 Å². The van der Waals surface area contributed by atoms with Crippen molar-refractivity contribution in [3.8, 4) is 5.06 Å². The van der Waals surface area contributed by atoms with E-state index in [1.165, 1.54) is 4.88 Å². The SMILES string of the molecule is COc1ccc(CNCC(C)O)s1. The Labute approximate surface area is 82.4 Å². The molecule has 1 aromatic rings. The van der Waals surface area contributed by atoms with Gasteiger partial charge in [0.05, 0.1) is 13.2 Å². The van der Waals surface area contributed by atoms with E-state index in [0.717, 1.165) is 11.6 Å². The van der Waals surface area contributed by atoms with Crippen LogP contribution in [-0.2, 0) is 6.54 Å². The molecule has 0 fully saturated rings. The van der Waals surface area contributed by atoms with Crippen molar-refractivity contribution in [2.45, 2.75) is 19.6 Å². The lowest BCUT2D eigenvalue weighted by Crippen LogP contribution is -2.23. The predicted octanol–water partition coefficient (Wildman–Crippen LogP) is 1.23. The number of methoxy groups -OCH3 is 1. The van der Waals surface area contributed by atoms with Gasteiger partial charge < -0.3 is 15.2 Å². The van der Waals surface area contributed by atoms with Crippen LogP contribution >= 0.6 is 11.3 Å². The Kier molecular flexibility index (Phi) is 4.21. The second-order valence-electron chi connectivity index (χ2n) is 2.90. The van der Waals surface area contributed by atoms with Gasteiger partial charge in [-0.2, -0.15) is 0 Å². The van der Waals surface area contributed by atoms with Crippen LogP contribution in [-0.4, -0.2) is 24.9 Å². The minimum Gasteiger partial charge on any atom is -0.487 e. The molecular weight excluding hydrogens is 186 g/mol. The number of thiophene rings is 1. The van der Waals surface area contributed by atoms with Crippen molar-refractivity contribution in [3.05, 3.63) is 17.0 Å². The quantitative estimate of drug-likeness (QED) is 0.753. The van der Waals surface area contributed by atoms with Crippen LogP contribution < -0.4 is 10.1 Å². The lowest BCUT2D eigenvalue weighted by molar-refractivity contribution is 0.191. The summed E-state index contributed by atoms with van der Waals surface area (Å²) in [7, 11) is 1.67. The van der Waals surface area contributed by atoms with Crippen molar-refractivity contribution in [2.24, 2.45) is 0 Å². The number of rotatable bonds is 5. The molecule has 1 atom stereocenters. The van der Waals surface area contributed by atoms with E-state index in [1.54, 1.807) is 25.4 Å². The third kappa shape index (κ3) is 3.76. The molecule has 0 aliphatic rings. The van der Waals surface area contributed by atoms with Gasteiger partial charge in [-0.3, -0.25) is 0 Å². The van der Waals surface area contributed by atoms with Crippen LogP contribution in [0.5, 0.6) is 5.06 Å². The molecule has 1 heterocycles. The van der Waals surface area contributed by atoms with Crippen molar-refractivity contribution >= 4 is 11.3 Å². The molecular formula is C9H15NO2S. The predicted molar refractivity (Wildman–Crippen MR) is 54.3 cm³/mol. The molecule has 2 N–H and O–H groups in total. The second kappa shape index (κ2) is 5.21. The molecule has 1 unspecified atom stereocenters. The van der Waals surface area contributed by atoms with Crippen LogP contribution in [0.1, 0.15) is 11.8 Å². The average molecular weight is 201 g/mol. The van der Waals surface area contributed by atoms with Gasteiger partial charge in [-0.05, 0) is 19.1 Å². The van der Waals surface area contributed by atoms with Gasteiger partial charge in [0.2, 0.25) is 0 Å². The van der Waals surface area contributed by atoms with Gasteiger partial charge in [-0.25, -0.2) is 0 Å². The average Bonchev–Trinajstić information content (AvgIpc) is 2.52. The lowest BCUT2D eigenvalue weighted by Gasteiger charge is -2.04. The highest BCUT2D eigenvalue weighted by Gasteiger charge is 1.99. The van der Waals surface area contributed by atoms with E-state index in [2.05, 4.69) is 5.32 Å². The minimum atomic E-state index is -0.290. The fourth-order valence-corrected chi connectivity index (χ4v) is 1.76. The molecule has 0 spiro atoms. The highest BCUT2D eigenvalue weighted by molar-refractivity contribution is 7.13. The molecule has 4 heteroatoms. The molecule has 13 heavy (non-hydrogen) atoms. The Morgan fingerprint density at radius 3 is 2.92 bits per heavy atom. The van der Waals surface area contributed by atoms with E-state index in [4.69, 9.17) is 9.84 Å². The van der Waals surface area contributed by atoms with E-state index >= 15 is 0 Å². The minimum absolute atomic E-state index is 0.290. The summed E-state index contributed by atoms with van der Waals surface area (Å²) in [6.45, 7) is 3.18. The van der Waals surface area contributed by atoms with E-state index in [9.17, 15) is 0 Å². The van der Waals surface area contributed by atoms with Crippen molar-refractivity contribution in [1.29, 1.82) is 0 Å². The largest absolute Gasteiger partial charge is 0.487 e. The highest BCUT2D eigenvalue weighted by atomic mass is 32.1. The molecule has 0 saturated heterocycles. The van der Waals surface area contributed by atoms with Gasteiger partial charge in [-0.15, -0.1) is 11.3 Å². The van der Waals surface area contributed by atoms with E-state index in [0.29, 0.717) is 6.54 Å². The Morgan fingerprint density at radius 2 is 2.38 bits per heavy atom. The number of hydrogen-bond donors (Lipinski definition) is 2. The lowest BCUT2D eigenvalue weighted by atomic mass is 10.4. The number of hydrogen-bond acceptors (Lipinski definition) is 4. The summed E-state index contributed by atoms with van der Waals surface area (Å²) in [5.41, 5.74) is 0. The number of aliphatic hydroxyl groups excluding tert-OH is 1. The zero-order valence-corrected chi connectivity index (χ0v) is 8.73. The molecule has 0 aliphatic carbocycles. The van der Waals surface area contributed by atoms with Crippen LogP contribution in [0.3, 0.4) is 0 Å². The van der Waals surface area contributed by atoms with Crippen LogP contribution in [0.15, 0.2) is 12.1 Å². The Bertz CT molecular complexity index is 248.